The highest BCUT2D eigenvalue weighted by Gasteiger charge is 2.28. The summed E-state index contributed by atoms with van der Waals surface area (Å²) in [7, 11) is -1.54. The molecule has 0 spiro atoms. The number of hydrogen-bond acceptors (Lipinski definition) is 4. The number of ether oxygens (including phenoxy) is 1. The van der Waals surface area contributed by atoms with Crippen molar-refractivity contribution in [2.75, 3.05) is 6.54 Å². The van der Waals surface area contributed by atoms with Gasteiger partial charge in [-0.2, -0.15) is 0 Å². The summed E-state index contributed by atoms with van der Waals surface area (Å²) in [5, 5.41) is 15.6. The minimum atomic E-state index is -1.54. The van der Waals surface area contributed by atoms with E-state index in [0.29, 0.717) is 19.0 Å². The highest BCUT2D eigenvalue weighted by molar-refractivity contribution is 6.76. The Morgan fingerprint density at radius 2 is 1.75 bits per heavy atom. The van der Waals surface area contributed by atoms with Gasteiger partial charge in [-0.3, -0.25) is 4.79 Å². The van der Waals surface area contributed by atoms with Crippen LogP contribution >= 0.6 is 0 Å². The molecule has 0 fully saturated rings. The number of carbonyl (C=O) groups excluding carboxylic acids is 1. The summed E-state index contributed by atoms with van der Waals surface area (Å²) in [5.41, 5.74) is 0.903. The number of carboxylic acids is 1. The second-order valence-corrected chi connectivity index (χ2v) is 15.3. The lowest BCUT2D eigenvalue weighted by Crippen LogP contribution is -2.50. The third kappa shape index (κ3) is 11.1. The molecule has 1 rings (SSSR count). The predicted molar refractivity (Wildman–Crippen MR) is 115 cm³/mol. The minimum Gasteiger partial charge on any atom is -0.480 e. The lowest BCUT2D eigenvalue weighted by atomic mass is 9.88. The zero-order valence-corrected chi connectivity index (χ0v) is 19.0. The van der Waals surface area contributed by atoms with Crippen molar-refractivity contribution in [3.05, 3.63) is 35.9 Å². The Kier molecular flexibility index (Phi) is 9.17. The molecule has 0 aromatic heterocycles. The maximum atomic E-state index is 12.2. The molecule has 0 aliphatic carbocycles. The van der Waals surface area contributed by atoms with Gasteiger partial charge in [0.05, 0.1) is 0 Å². The normalized spacial score (nSPS) is 14.2. The van der Waals surface area contributed by atoms with Gasteiger partial charge in [0.25, 0.3) is 0 Å². The molecule has 0 radical (unpaired) electrons. The van der Waals surface area contributed by atoms with E-state index >= 15 is 0 Å². The summed E-state index contributed by atoms with van der Waals surface area (Å²) in [6.45, 7) is 13.3. The van der Waals surface area contributed by atoms with Crippen LogP contribution in [0.4, 0.5) is 4.79 Å². The second-order valence-electron chi connectivity index (χ2n) is 9.73. The molecular weight excluding hydrogens is 372 g/mol. The molecule has 1 aromatic rings. The van der Waals surface area contributed by atoms with E-state index < -0.39 is 26.2 Å². The molecule has 0 unspecified atom stereocenters. The van der Waals surface area contributed by atoms with Gasteiger partial charge >= 0.3 is 12.1 Å². The molecule has 0 aliphatic rings. The molecular formula is C21H36N2O4Si. The Morgan fingerprint density at radius 1 is 1.14 bits per heavy atom. The highest BCUT2D eigenvalue weighted by atomic mass is 28.3. The molecule has 2 atom stereocenters. The zero-order chi connectivity index (χ0) is 21.4. The number of nitrogens with one attached hydrogen (secondary N) is 2. The van der Waals surface area contributed by atoms with Gasteiger partial charge in [0.2, 0.25) is 0 Å². The number of rotatable bonds is 10. The number of aliphatic carboxylic acids is 1. The summed E-state index contributed by atoms with van der Waals surface area (Å²) in [6.07, 6.45) is 0.219. The standard InChI is InChI=1S/C21H36N2O4Si/c1-21(2,3)12-17(13-22-18(19(24)25)15-28(4,5)6)23-20(26)27-14-16-10-8-7-9-11-16/h7-11,17-18,22H,12-15H2,1-6H3,(H,23,26)(H,24,25)/t17-,18-/m0/s1. The summed E-state index contributed by atoms with van der Waals surface area (Å²) < 4.78 is 5.32. The Hall–Kier alpha value is -1.86. The number of alkyl carbamates (subject to hydrolysis) is 1. The first-order valence-corrected chi connectivity index (χ1v) is 13.5. The molecule has 28 heavy (non-hydrogen) atoms. The molecule has 6 nitrogen and oxygen atoms in total. The average Bonchev–Trinajstić information content (AvgIpc) is 2.55. The van der Waals surface area contributed by atoms with Gasteiger partial charge in [-0.05, 0) is 23.4 Å². The van der Waals surface area contributed by atoms with Gasteiger partial charge in [0.15, 0.2) is 0 Å². The fourth-order valence-corrected chi connectivity index (χ4v) is 4.53. The lowest BCUT2D eigenvalue weighted by molar-refractivity contribution is -0.139. The molecule has 0 saturated carbocycles. The number of carbonyl (C=O) groups is 2. The van der Waals surface area contributed by atoms with Crippen molar-refractivity contribution in [1.82, 2.24) is 10.6 Å². The second kappa shape index (κ2) is 10.6. The maximum Gasteiger partial charge on any atom is 0.407 e. The van der Waals surface area contributed by atoms with E-state index in [1.54, 1.807) is 0 Å². The van der Waals surface area contributed by atoms with Crippen molar-refractivity contribution in [3.63, 3.8) is 0 Å². The smallest absolute Gasteiger partial charge is 0.407 e. The van der Waals surface area contributed by atoms with E-state index in [2.05, 4.69) is 51.0 Å². The maximum absolute atomic E-state index is 12.2. The Balaban J connectivity index is 2.66. The monoisotopic (exact) mass is 408 g/mol. The quantitative estimate of drug-likeness (QED) is 0.507. The van der Waals surface area contributed by atoms with Gasteiger partial charge in [-0.15, -0.1) is 0 Å². The number of carboxylic acid groups (broad SMARTS) is 1. The summed E-state index contributed by atoms with van der Waals surface area (Å²) in [5.74, 6) is -0.844. The first-order chi connectivity index (χ1) is 12.9. The van der Waals surface area contributed by atoms with Gasteiger partial charge in [-0.25, -0.2) is 4.79 Å². The molecule has 3 N–H and O–H groups in total. The zero-order valence-electron chi connectivity index (χ0n) is 18.0. The van der Waals surface area contributed by atoms with Crippen molar-refractivity contribution >= 4 is 20.1 Å². The van der Waals surface area contributed by atoms with Gasteiger partial charge in [0, 0.05) is 20.7 Å². The van der Waals surface area contributed by atoms with Crippen LogP contribution in [0.3, 0.4) is 0 Å². The molecule has 7 heteroatoms. The van der Waals surface area contributed by atoms with E-state index in [4.69, 9.17) is 4.74 Å². The third-order valence-electron chi connectivity index (χ3n) is 4.12. The molecule has 0 heterocycles. The van der Waals surface area contributed by atoms with Crippen molar-refractivity contribution in [2.24, 2.45) is 5.41 Å². The third-order valence-corrected chi connectivity index (χ3v) is 5.75. The van der Waals surface area contributed by atoms with Crippen LogP contribution in [-0.4, -0.2) is 43.9 Å². The Bertz CT molecular complexity index is 624. The summed E-state index contributed by atoms with van der Waals surface area (Å²) >= 11 is 0. The minimum absolute atomic E-state index is 0.0173. The van der Waals surface area contributed by atoms with Gasteiger partial charge < -0.3 is 20.5 Å². The first-order valence-electron chi connectivity index (χ1n) is 9.79. The molecule has 0 saturated heterocycles. The number of benzene rings is 1. The van der Waals surface area contributed by atoms with E-state index in [-0.39, 0.29) is 18.1 Å². The Morgan fingerprint density at radius 3 is 2.25 bits per heavy atom. The SMILES string of the molecule is CC(C)(C)C[C@@H](CN[C@@H](C[Si](C)(C)C)C(=O)O)NC(=O)OCc1ccccc1. The van der Waals surface area contributed by atoms with Crippen LogP contribution in [0.1, 0.15) is 32.8 Å². The van der Waals surface area contributed by atoms with Crippen molar-refractivity contribution in [3.8, 4) is 0 Å². The van der Waals surface area contributed by atoms with Crippen LogP contribution in [0, 0.1) is 5.41 Å². The van der Waals surface area contributed by atoms with Gasteiger partial charge in [0.1, 0.15) is 12.6 Å². The molecule has 158 valence electrons. The molecule has 1 aromatic carbocycles. The fraction of sp³-hybridized carbons (Fsp3) is 0.619. The van der Waals surface area contributed by atoms with Crippen molar-refractivity contribution < 1.29 is 19.4 Å². The summed E-state index contributed by atoms with van der Waals surface area (Å²) in [6, 6.07) is 9.32. The van der Waals surface area contributed by atoms with Crippen LogP contribution in [0.2, 0.25) is 25.7 Å². The van der Waals surface area contributed by atoms with E-state index in [9.17, 15) is 14.7 Å². The van der Waals surface area contributed by atoms with Crippen molar-refractivity contribution in [1.29, 1.82) is 0 Å². The number of hydrogen-bond donors (Lipinski definition) is 3. The lowest BCUT2D eigenvalue weighted by Gasteiger charge is -2.29. The molecule has 0 aliphatic heterocycles. The highest BCUT2D eigenvalue weighted by Crippen LogP contribution is 2.21. The largest absolute Gasteiger partial charge is 0.480 e. The van der Waals surface area contributed by atoms with Crippen LogP contribution < -0.4 is 10.6 Å². The average molecular weight is 409 g/mol. The molecule has 0 bridgehead atoms. The fourth-order valence-electron chi connectivity index (χ4n) is 2.99. The topological polar surface area (TPSA) is 87.7 Å². The van der Waals surface area contributed by atoms with E-state index in [0.717, 1.165) is 5.56 Å². The van der Waals surface area contributed by atoms with E-state index in [1.165, 1.54) is 0 Å². The van der Waals surface area contributed by atoms with Crippen molar-refractivity contribution in [2.45, 2.75) is 71.6 Å². The number of amides is 1. The van der Waals surface area contributed by atoms with Crippen LogP contribution in [0.15, 0.2) is 30.3 Å². The predicted octanol–water partition coefficient (Wildman–Crippen LogP) is 4.10. The van der Waals surface area contributed by atoms with Crippen LogP contribution in [0.5, 0.6) is 0 Å². The van der Waals surface area contributed by atoms with Crippen LogP contribution in [0.25, 0.3) is 0 Å². The van der Waals surface area contributed by atoms with Gasteiger partial charge in [-0.1, -0.05) is 70.7 Å². The van der Waals surface area contributed by atoms with Crippen LogP contribution in [-0.2, 0) is 16.1 Å². The Labute approximate surface area is 170 Å². The summed E-state index contributed by atoms with van der Waals surface area (Å²) in [4.78, 5) is 23.9. The first kappa shape index (κ1) is 24.2. The molecule has 1 amide bonds. The van der Waals surface area contributed by atoms with E-state index in [1.807, 2.05) is 30.3 Å².